The van der Waals surface area contributed by atoms with Crippen LogP contribution in [0, 0.1) is 10.1 Å². The molecule has 152 valence electrons. The standard InChI is InChI=1S/C17H17N5O6S/c23-12-13(24)16(21-9-20-11-6-18-8-19-15(11)21)27-14(12)17(22(25)26)28-29-7-10-4-2-1-3-5-10/h1-6,8-9,12-14,16-17,23-24H,7H2/t12-,13+,14-,16+,17?/m0/s1. The van der Waals surface area contributed by atoms with Gasteiger partial charge in [-0.2, -0.15) is 0 Å². The maximum atomic E-state index is 11.5. The van der Waals surface area contributed by atoms with E-state index in [2.05, 4.69) is 15.0 Å². The van der Waals surface area contributed by atoms with E-state index in [0.717, 1.165) is 17.6 Å². The fourth-order valence-electron chi connectivity index (χ4n) is 3.08. The van der Waals surface area contributed by atoms with E-state index >= 15 is 0 Å². The Morgan fingerprint density at radius 3 is 2.83 bits per heavy atom. The number of aromatic nitrogens is 4. The Balaban J connectivity index is 1.49. The van der Waals surface area contributed by atoms with Crippen LogP contribution >= 0.6 is 12.0 Å². The lowest BCUT2D eigenvalue weighted by Crippen LogP contribution is -2.43. The predicted molar refractivity (Wildman–Crippen MR) is 101 cm³/mol. The van der Waals surface area contributed by atoms with Crippen LogP contribution in [0.15, 0.2) is 49.2 Å². The molecule has 1 saturated heterocycles. The molecule has 1 aliphatic heterocycles. The number of ether oxygens (including phenoxy) is 1. The first-order chi connectivity index (χ1) is 14.1. The minimum atomic E-state index is -1.68. The SMILES string of the molecule is O=[N+]([O-])C(OSCc1ccccc1)[C@H]1O[C@@H](n2cnc3cncnc32)[C@H](O)[C@@H]1O. The molecule has 4 rings (SSSR count). The first-order valence-corrected chi connectivity index (χ1v) is 9.57. The van der Waals surface area contributed by atoms with Crippen molar-refractivity contribution in [2.24, 2.45) is 0 Å². The minimum absolute atomic E-state index is 0.369. The third-order valence-electron chi connectivity index (χ3n) is 4.51. The molecule has 2 aromatic heterocycles. The summed E-state index contributed by atoms with van der Waals surface area (Å²) in [5.74, 6) is 0.378. The van der Waals surface area contributed by atoms with Crippen molar-refractivity contribution in [1.82, 2.24) is 19.5 Å². The molecule has 11 nitrogen and oxygen atoms in total. The summed E-state index contributed by atoms with van der Waals surface area (Å²) in [6, 6.07) is 9.30. The second kappa shape index (κ2) is 8.39. The van der Waals surface area contributed by atoms with Crippen LogP contribution in [0.3, 0.4) is 0 Å². The number of fused-ring (bicyclic) bond motifs is 1. The normalized spacial score (nSPS) is 25.3. The smallest absolute Gasteiger partial charge is 0.354 e. The maximum Gasteiger partial charge on any atom is 0.354 e. The molecular formula is C17H17N5O6S. The Bertz CT molecular complexity index is 989. The van der Waals surface area contributed by atoms with Gasteiger partial charge >= 0.3 is 6.23 Å². The molecule has 0 aliphatic carbocycles. The van der Waals surface area contributed by atoms with Crippen LogP contribution in [0.1, 0.15) is 11.8 Å². The average Bonchev–Trinajstić information content (AvgIpc) is 3.28. The van der Waals surface area contributed by atoms with Crippen molar-refractivity contribution in [2.75, 3.05) is 0 Å². The van der Waals surface area contributed by atoms with Crippen LogP contribution in [-0.4, -0.2) is 59.2 Å². The number of aliphatic hydroxyl groups is 2. The van der Waals surface area contributed by atoms with Crippen molar-refractivity contribution in [3.8, 4) is 0 Å². The van der Waals surface area contributed by atoms with Gasteiger partial charge in [-0.3, -0.25) is 14.7 Å². The Hall–Kier alpha value is -2.64. The van der Waals surface area contributed by atoms with Crippen molar-refractivity contribution in [1.29, 1.82) is 0 Å². The Kier molecular flexibility index (Phi) is 5.69. The molecule has 3 heterocycles. The topological polar surface area (TPSA) is 146 Å². The van der Waals surface area contributed by atoms with Crippen LogP contribution in [0.5, 0.6) is 0 Å². The number of hydrogen-bond acceptors (Lipinski definition) is 10. The molecule has 1 fully saturated rings. The minimum Gasteiger partial charge on any atom is -0.387 e. The van der Waals surface area contributed by atoms with Gasteiger partial charge in [0, 0.05) is 17.8 Å². The zero-order chi connectivity index (χ0) is 20.4. The molecular weight excluding hydrogens is 402 g/mol. The average molecular weight is 419 g/mol. The largest absolute Gasteiger partial charge is 0.387 e. The second-order valence-electron chi connectivity index (χ2n) is 6.38. The molecule has 5 atom stereocenters. The molecule has 0 amide bonds. The van der Waals surface area contributed by atoms with Crippen LogP contribution in [-0.2, 0) is 14.7 Å². The highest BCUT2D eigenvalue weighted by Gasteiger charge is 2.53. The third-order valence-corrected chi connectivity index (χ3v) is 5.30. The summed E-state index contributed by atoms with van der Waals surface area (Å²) in [6.45, 7) is 0. The summed E-state index contributed by atoms with van der Waals surface area (Å²) in [7, 11) is 0. The van der Waals surface area contributed by atoms with Crippen LogP contribution in [0.4, 0.5) is 0 Å². The number of rotatable bonds is 7. The second-order valence-corrected chi connectivity index (χ2v) is 7.09. The van der Waals surface area contributed by atoms with Crippen molar-refractivity contribution in [3.05, 3.63) is 64.9 Å². The first kappa shape index (κ1) is 19.7. The van der Waals surface area contributed by atoms with Gasteiger partial charge in [0.25, 0.3) is 0 Å². The van der Waals surface area contributed by atoms with Gasteiger partial charge in [-0.05, 0) is 5.56 Å². The molecule has 1 aliphatic rings. The maximum absolute atomic E-state index is 11.5. The molecule has 3 aromatic rings. The lowest BCUT2D eigenvalue weighted by atomic mass is 10.1. The van der Waals surface area contributed by atoms with Gasteiger partial charge in [0.2, 0.25) is 0 Å². The highest BCUT2D eigenvalue weighted by atomic mass is 32.2. The van der Waals surface area contributed by atoms with Crippen molar-refractivity contribution >= 4 is 23.2 Å². The highest BCUT2D eigenvalue weighted by molar-refractivity contribution is 7.93. The zero-order valence-corrected chi connectivity index (χ0v) is 15.7. The molecule has 29 heavy (non-hydrogen) atoms. The molecule has 0 saturated carbocycles. The van der Waals surface area contributed by atoms with Crippen LogP contribution in [0.25, 0.3) is 11.2 Å². The van der Waals surface area contributed by atoms with Gasteiger partial charge in [0.15, 0.2) is 18.0 Å². The van der Waals surface area contributed by atoms with E-state index < -0.39 is 35.7 Å². The number of nitrogens with zero attached hydrogens (tertiary/aromatic N) is 5. The molecule has 2 N–H and O–H groups in total. The van der Waals surface area contributed by atoms with Gasteiger partial charge in [-0.1, -0.05) is 30.3 Å². The van der Waals surface area contributed by atoms with E-state index in [0.29, 0.717) is 16.9 Å². The summed E-state index contributed by atoms with van der Waals surface area (Å²) in [6.07, 6.45) is -2.98. The molecule has 0 radical (unpaired) electrons. The van der Waals surface area contributed by atoms with E-state index in [1.165, 1.54) is 23.4 Å². The lowest BCUT2D eigenvalue weighted by Gasteiger charge is -2.18. The fourth-order valence-corrected chi connectivity index (χ4v) is 3.79. The number of hydrogen-bond donors (Lipinski definition) is 2. The van der Waals surface area contributed by atoms with Crippen LogP contribution < -0.4 is 0 Å². The Morgan fingerprint density at radius 1 is 1.28 bits per heavy atom. The van der Waals surface area contributed by atoms with E-state index in [4.69, 9.17) is 8.92 Å². The third kappa shape index (κ3) is 3.93. The van der Waals surface area contributed by atoms with Crippen LogP contribution in [0.2, 0.25) is 0 Å². The Morgan fingerprint density at radius 2 is 2.07 bits per heavy atom. The first-order valence-electron chi connectivity index (χ1n) is 8.66. The monoisotopic (exact) mass is 419 g/mol. The molecule has 12 heteroatoms. The predicted octanol–water partition coefficient (Wildman–Crippen LogP) is 0.913. The van der Waals surface area contributed by atoms with E-state index in [9.17, 15) is 20.3 Å². The van der Waals surface area contributed by atoms with E-state index in [-0.39, 0.29) is 0 Å². The number of aliphatic hydroxyl groups excluding tert-OH is 2. The highest BCUT2D eigenvalue weighted by Crippen LogP contribution is 2.34. The van der Waals surface area contributed by atoms with Crippen molar-refractivity contribution in [3.63, 3.8) is 0 Å². The quantitative estimate of drug-likeness (QED) is 0.245. The molecule has 1 unspecified atom stereocenters. The number of nitro groups is 1. The summed E-state index contributed by atoms with van der Waals surface area (Å²) in [5.41, 5.74) is 1.76. The van der Waals surface area contributed by atoms with E-state index in [1.807, 2.05) is 30.3 Å². The Labute approximate surface area is 168 Å². The van der Waals surface area contributed by atoms with Gasteiger partial charge in [0.1, 0.15) is 24.1 Å². The summed E-state index contributed by atoms with van der Waals surface area (Å²) < 4.78 is 12.4. The van der Waals surface area contributed by atoms with Gasteiger partial charge in [-0.15, -0.1) is 0 Å². The van der Waals surface area contributed by atoms with Crippen molar-refractivity contribution < 1.29 is 24.1 Å². The van der Waals surface area contributed by atoms with E-state index in [1.54, 1.807) is 0 Å². The zero-order valence-electron chi connectivity index (χ0n) is 14.9. The summed E-state index contributed by atoms with van der Waals surface area (Å²) >= 11 is 0.880. The lowest BCUT2D eigenvalue weighted by molar-refractivity contribution is -0.576. The number of imidazole rings is 1. The van der Waals surface area contributed by atoms with Gasteiger partial charge < -0.3 is 14.9 Å². The summed E-state index contributed by atoms with van der Waals surface area (Å²) in [4.78, 5) is 22.9. The van der Waals surface area contributed by atoms with Crippen molar-refractivity contribution in [2.45, 2.75) is 36.5 Å². The fraction of sp³-hybridized carbons (Fsp3) is 0.353. The van der Waals surface area contributed by atoms with Gasteiger partial charge in [0.05, 0.1) is 17.4 Å². The van der Waals surface area contributed by atoms with Gasteiger partial charge in [-0.25, -0.2) is 19.1 Å². The molecule has 0 bridgehead atoms. The molecule has 1 aromatic carbocycles. The molecule has 0 spiro atoms. The summed E-state index contributed by atoms with van der Waals surface area (Å²) in [5, 5.41) is 32.4. The number of benzene rings is 1.